The lowest BCUT2D eigenvalue weighted by atomic mass is 9.92. The van der Waals surface area contributed by atoms with Gasteiger partial charge in [0.05, 0.1) is 5.69 Å². The highest BCUT2D eigenvalue weighted by atomic mass is 16.2. The molecule has 3 aromatic rings. The summed E-state index contributed by atoms with van der Waals surface area (Å²) in [5.74, 6) is 2.21. The molecule has 8 bridgehead atoms. The summed E-state index contributed by atoms with van der Waals surface area (Å²) in [6, 6.07) is 14.4. The molecule has 5 aliphatic heterocycles. The van der Waals surface area contributed by atoms with Crippen molar-refractivity contribution >= 4 is 23.4 Å². The highest BCUT2D eigenvalue weighted by Gasteiger charge is 2.23. The molecule has 188 valence electrons. The van der Waals surface area contributed by atoms with E-state index >= 15 is 0 Å². The van der Waals surface area contributed by atoms with Crippen molar-refractivity contribution < 1.29 is 4.79 Å². The Bertz CT molecular complexity index is 1170. The van der Waals surface area contributed by atoms with Crippen molar-refractivity contribution in [2.45, 2.75) is 32.2 Å². The van der Waals surface area contributed by atoms with E-state index in [2.05, 4.69) is 43.3 Å². The molecule has 0 spiro atoms. The lowest BCUT2D eigenvalue weighted by Crippen LogP contribution is -2.36. The van der Waals surface area contributed by atoms with E-state index in [1.807, 2.05) is 49.5 Å². The average molecular weight is 486 g/mol. The third-order valence-electron chi connectivity index (χ3n) is 7.26. The van der Waals surface area contributed by atoms with Gasteiger partial charge in [0.15, 0.2) is 0 Å². The Kier molecular flexibility index (Phi) is 7.41. The van der Waals surface area contributed by atoms with Crippen LogP contribution in [0.15, 0.2) is 54.9 Å². The Labute approximate surface area is 213 Å². The molecule has 1 N–H and O–H groups in total. The van der Waals surface area contributed by atoms with Gasteiger partial charge in [0, 0.05) is 63.8 Å². The van der Waals surface area contributed by atoms with Gasteiger partial charge in [-0.25, -0.2) is 15.0 Å². The minimum absolute atomic E-state index is 0.263. The quantitative estimate of drug-likeness (QED) is 0.512. The molecule has 0 radical (unpaired) electrons. The van der Waals surface area contributed by atoms with Gasteiger partial charge in [-0.15, -0.1) is 0 Å². The van der Waals surface area contributed by atoms with E-state index in [0.717, 1.165) is 74.7 Å². The van der Waals surface area contributed by atoms with Crippen molar-refractivity contribution in [1.82, 2.24) is 24.8 Å². The van der Waals surface area contributed by atoms with Gasteiger partial charge in [0.2, 0.25) is 11.9 Å². The van der Waals surface area contributed by atoms with Gasteiger partial charge in [-0.05, 0) is 74.2 Å². The van der Waals surface area contributed by atoms with E-state index in [0.29, 0.717) is 18.3 Å². The van der Waals surface area contributed by atoms with E-state index in [4.69, 9.17) is 4.98 Å². The first kappa shape index (κ1) is 24.2. The fourth-order valence-corrected chi connectivity index (χ4v) is 5.01. The number of amides is 1. The molecule has 0 atom stereocenters. The standard InChI is InChI=1S/C28H35N7O/c1-33-13-4-14-34(2)27(36)18-21-10-15-35(16-11-21)20-22-5-3-6-24(17-22)31-28-29-12-9-25(32-28)23-7-8-26(33)30-19-23/h3,5-9,12,17,19,21H,4,10-11,13-16,18,20H2,1-2H3,(H,29,31,32). The summed E-state index contributed by atoms with van der Waals surface area (Å²) in [4.78, 5) is 33.2. The summed E-state index contributed by atoms with van der Waals surface area (Å²) in [7, 11) is 3.98. The van der Waals surface area contributed by atoms with E-state index < -0.39 is 0 Å². The van der Waals surface area contributed by atoms with Gasteiger partial charge in [0.1, 0.15) is 5.82 Å². The number of pyridine rings is 1. The van der Waals surface area contributed by atoms with Crippen LogP contribution in [0.3, 0.4) is 0 Å². The van der Waals surface area contributed by atoms with E-state index in [1.54, 1.807) is 6.20 Å². The van der Waals surface area contributed by atoms with Gasteiger partial charge < -0.3 is 15.1 Å². The van der Waals surface area contributed by atoms with Gasteiger partial charge in [-0.3, -0.25) is 9.69 Å². The number of nitrogens with one attached hydrogen (secondary N) is 1. The predicted octanol–water partition coefficient (Wildman–Crippen LogP) is 4.18. The molecule has 1 amide bonds. The zero-order valence-corrected chi connectivity index (χ0v) is 21.2. The second-order valence-electron chi connectivity index (χ2n) is 10.0. The highest BCUT2D eigenvalue weighted by Crippen LogP contribution is 2.25. The molecule has 1 saturated heterocycles. The summed E-state index contributed by atoms with van der Waals surface area (Å²) in [6.45, 7) is 4.55. The number of hydrogen-bond donors (Lipinski definition) is 1. The van der Waals surface area contributed by atoms with Crippen molar-refractivity contribution in [3.8, 4) is 11.3 Å². The van der Waals surface area contributed by atoms with Crippen LogP contribution in [0.2, 0.25) is 0 Å². The smallest absolute Gasteiger partial charge is 0.227 e. The van der Waals surface area contributed by atoms with E-state index in [-0.39, 0.29) is 5.91 Å². The lowest BCUT2D eigenvalue weighted by Gasteiger charge is -2.32. The molecule has 1 fully saturated rings. The maximum atomic E-state index is 12.8. The van der Waals surface area contributed by atoms with Crippen LogP contribution in [-0.2, 0) is 11.3 Å². The number of carbonyl (C=O) groups excluding carboxylic acids is 1. The largest absolute Gasteiger partial charge is 0.360 e. The minimum atomic E-state index is 0.263. The number of carbonyl (C=O) groups is 1. The normalized spacial score (nSPS) is 21.3. The zero-order chi connectivity index (χ0) is 24.9. The minimum Gasteiger partial charge on any atom is -0.360 e. The second kappa shape index (κ2) is 11.0. The molecule has 7 heterocycles. The third-order valence-corrected chi connectivity index (χ3v) is 7.26. The monoisotopic (exact) mass is 485 g/mol. The summed E-state index contributed by atoms with van der Waals surface area (Å²) in [5.41, 5.74) is 4.00. The average Bonchev–Trinajstić information content (AvgIpc) is 2.89. The molecular formula is C28H35N7O. The Hall–Kier alpha value is -3.52. The van der Waals surface area contributed by atoms with Crippen LogP contribution in [0, 0.1) is 5.92 Å². The molecule has 36 heavy (non-hydrogen) atoms. The third kappa shape index (κ3) is 5.99. The van der Waals surface area contributed by atoms with Crippen LogP contribution in [0.5, 0.6) is 0 Å². The summed E-state index contributed by atoms with van der Waals surface area (Å²) < 4.78 is 0. The van der Waals surface area contributed by atoms with Crippen LogP contribution >= 0.6 is 0 Å². The fraction of sp³-hybridized carbons (Fsp3) is 0.429. The van der Waals surface area contributed by atoms with Crippen LogP contribution in [0.4, 0.5) is 17.5 Å². The first-order chi connectivity index (χ1) is 17.5. The molecule has 5 aliphatic rings. The Morgan fingerprint density at radius 3 is 2.58 bits per heavy atom. The molecule has 8 heteroatoms. The summed E-state index contributed by atoms with van der Waals surface area (Å²) in [5, 5.41) is 3.37. The molecular weight excluding hydrogens is 450 g/mol. The first-order valence-corrected chi connectivity index (χ1v) is 12.9. The number of anilines is 3. The topological polar surface area (TPSA) is 77.5 Å². The molecule has 8 rings (SSSR count). The van der Waals surface area contributed by atoms with Gasteiger partial charge in [0.25, 0.3) is 0 Å². The van der Waals surface area contributed by atoms with Crippen LogP contribution in [0.25, 0.3) is 11.3 Å². The number of aromatic nitrogens is 3. The molecule has 0 saturated carbocycles. The number of hydrogen-bond acceptors (Lipinski definition) is 7. The molecule has 2 aromatic heterocycles. The van der Waals surface area contributed by atoms with E-state index in [9.17, 15) is 4.79 Å². The number of benzene rings is 1. The maximum Gasteiger partial charge on any atom is 0.227 e. The molecule has 1 aromatic carbocycles. The van der Waals surface area contributed by atoms with Crippen LogP contribution in [0.1, 0.15) is 31.2 Å². The number of nitrogens with zero attached hydrogens (tertiary/aromatic N) is 6. The molecule has 0 unspecified atom stereocenters. The van der Waals surface area contributed by atoms with Gasteiger partial charge in [-0.2, -0.15) is 0 Å². The van der Waals surface area contributed by atoms with Gasteiger partial charge >= 0.3 is 0 Å². The van der Waals surface area contributed by atoms with Crippen molar-refractivity contribution in [1.29, 1.82) is 0 Å². The van der Waals surface area contributed by atoms with Crippen molar-refractivity contribution in [2.24, 2.45) is 5.92 Å². The SMILES string of the molecule is CN1CCCN(C)c2ccc(cn2)-c2ccnc(n2)Nc2cccc(c2)CN2CCC(CC2)CC1=O. The predicted molar refractivity (Wildman–Crippen MR) is 143 cm³/mol. The molecule has 8 nitrogen and oxygen atoms in total. The second-order valence-corrected chi connectivity index (χ2v) is 10.0. The maximum absolute atomic E-state index is 12.8. The van der Waals surface area contributed by atoms with Crippen molar-refractivity contribution in [3.63, 3.8) is 0 Å². The molecule has 0 aliphatic carbocycles. The van der Waals surface area contributed by atoms with Crippen LogP contribution in [-0.4, -0.2) is 70.9 Å². The summed E-state index contributed by atoms with van der Waals surface area (Å²) >= 11 is 0. The number of piperidine rings is 1. The lowest BCUT2D eigenvalue weighted by molar-refractivity contribution is -0.131. The Balaban J connectivity index is 1.38. The van der Waals surface area contributed by atoms with E-state index in [1.165, 1.54) is 5.56 Å². The fourth-order valence-electron chi connectivity index (χ4n) is 5.01. The zero-order valence-electron chi connectivity index (χ0n) is 21.2. The van der Waals surface area contributed by atoms with Crippen molar-refractivity contribution in [2.75, 3.05) is 50.5 Å². The number of rotatable bonds is 0. The van der Waals surface area contributed by atoms with Crippen molar-refractivity contribution in [3.05, 3.63) is 60.4 Å². The van der Waals surface area contributed by atoms with Crippen LogP contribution < -0.4 is 10.2 Å². The van der Waals surface area contributed by atoms with Gasteiger partial charge in [-0.1, -0.05) is 12.1 Å². The first-order valence-electron chi connectivity index (χ1n) is 12.9. The summed E-state index contributed by atoms with van der Waals surface area (Å²) in [6.07, 6.45) is 7.33. The highest BCUT2D eigenvalue weighted by molar-refractivity contribution is 5.76. The Morgan fingerprint density at radius 2 is 1.78 bits per heavy atom. The Morgan fingerprint density at radius 1 is 0.944 bits per heavy atom.